The molecule has 3 amide bonds. The standard InChI is InChI=1S/C14H22N4O2/c1-10(15-3)9-16-13(19)11(2)17-14(20)18-12-7-5-4-6-8-12/h4-8,10-11,15H,9H2,1-3H3,(H,16,19)(H2,17,18,20). The average Bonchev–Trinajstić information content (AvgIpc) is 2.45. The molecule has 0 aromatic heterocycles. The molecule has 0 radical (unpaired) electrons. The zero-order chi connectivity index (χ0) is 15.0. The van der Waals surface area contributed by atoms with E-state index in [9.17, 15) is 9.59 Å². The second kappa shape index (κ2) is 8.16. The fourth-order valence-electron chi connectivity index (χ4n) is 1.46. The first-order valence-corrected chi connectivity index (χ1v) is 6.60. The molecule has 2 atom stereocenters. The summed E-state index contributed by atoms with van der Waals surface area (Å²) in [4.78, 5) is 23.5. The number of nitrogens with one attached hydrogen (secondary N) is 4. The third kappa shape index (κ3) is 5.71. The minimum absolute atomic E-state index is 0.185. The molecule has 0 fully saturated rings. The monoisotopic (exact) mass is 278 g/mol. The molecule has 1 aromatic carbocycles. The average molecular weight is 278 g/mol. The van der Waals surface area contributed by atoms with E-state index >= 15 is 0 Å². The van der Waals surface area contributed by atoms with Crippen LogP contribution < -0.4 is 21.3 Å². The number of hydrogen-bond donors (Lipinski definition) is 4. The number of benzene rings is 1. The Balaban J connectivity index is 2.35. The maximum Gasteiger partial charge on any atom is 0.319 e. The van der Waals surface area contributed by atoms with Crippen LogP contribution in [0.4, 0.5) is 10.5 Å². The smallest absolute Gasteiger partial charge is 0.319 e. The highest BCUT2D eigenvalue weighted by molar-refractivity contribution is 5.93. The molecule has 0 bridgehead atoms. The first-order valence-electron chi connectivity index (χ1n) is 6.60. The van der Waals surface area contributed by atoms with Crippen molar-refractivity contribution in [1.82, 2.24) is 16.0 Å². The van der Waals surface area contributed by atoms with Crippen molar-refractivity contribution in [3.63, 3.8) is 0 Å². The van der Waals surface area contributed by atoms with Gasteiger partial charge >= 0.3 is 6.03 Å². The molecule has 0 saturated heterocycles. The third-order valence-electron chi connectivity index (χ3n) is 2.85. The SMILES string of the molecule is CNC(C)CNC(=O)C(C)NC(=O)Nc1ccccc1. The molecule has 1 rings (SSSR count). The van der Waals surface area contributed by atoms with Crippen molar-refractivity contribution in [2.24, 2.45) is 0 Å². The van der Waals surface area contributed by atoms with Gasteiger partial charge in [0, 0.05) is 18.3 Å². The molecule has 1 aromatic rings. The minimum atomic E-state index is -0.595. The predicted octanol–water partition coefficient (Wildman–Crippen LogP) is 0.921. The van der Waals surface area contributed by atoms with Gasteiger partial charge in [-0.05, 0) is 33.0 Å². The summed E-state index contributed by atoms with van der Waals surface area (Å²) in [5.41, 5.74) is 0.682. The van der Waals surface area contributed by atoms with Crippen LogP contribution in [0.2, 0.25) is 0 Å². The molecule has 0 heterocycles. The van der Waals surface area contributed by atoms with Crippen LogP contribution in [0.1, 0.15) is 13.8 Å². The van der Waals surface area contributed by atoms with Crippen molar-refractivity contribution in [3.8, 4) is 0 Å². The number of carbonyl (C=O) groups excluding carboxylic acids is 2. The summed E-state index contributed by atoms with van der Waals surface area (Å²) in [6.07, 6.45) is 0. The second-order valence-electron chi connectivity index (χ2n) is 4.62. The number of likely N-dealkylation sites (N-methyl/N-ethyl adjacent to an activating group) is 1. The van der Waals surface area contributed by atoms with E-state index in [2.05, 4.69) is 21.3 Å². The fraction of sp³-hybridized carbons (Fsp3) is 0.429. The van der Waals surface area contributed by atoms with E-state index in [1.54, 1.807) is 19.1 Å². The topological polar surface area (TPSA) is 82.3 Å². The predicted molar refractivity (Wildman–Crippen MR) is 79.6 cm³/mol. The molecular weight excluding hydrogens is 256 g/mol. The number of rotatable bonds is 6. The quantitative estimate of drug-likeness (QED) is 0.624. The first kappa shape index (κ1) is 16.0. The summed E-state index contributed by atoms with van der Waals surface area (Å²) in [5, 5.41) is 11.0. The van der Waals surface area contributed by atoms with E-state index in [-0.39, 0.29) is 11.9 Å². The number of anilines is 1. The van der Waals surface area contributed by atoms with Gasteiger partial charge in [0.25, 0.3) is 0 Å². The Morgan fingerprint density at radius 3 is 2.40 bits per heavy atom. The molecule has 0 aliphatic heterocycles. The molecule has 0 aliphatic rings. The number of carbonyl (C=O) groups is 2. The maximum atomic E-state index is 11.8. The van der Waals surface area contributed by atoms with Gasteiger partial charge in [0.15, 0.2) is 0 Å². The van der Waals surface area contributed by atoms with Crippen LogP contribution in [0.15, 0.2) is 30.3 Å². The van der Waals surface area contributed by atoms with Crippen LogP contribution in [0.25, 0.3) is 0 Å². The number of para-hydroxylation sites is 1. The van der Waals surface area contributed by atoms with Crippen molar-refractivity contribution < 1.29 is 9.59 Å². The number of hydrogen-bond acceptors (Lipinski definition) is 3. The third-order valence-corrected chi connectivity index (χ3v) is 2.85. The van der Waals surface area contributed by atoms with Gasteiger partial charge in [-0.2, -0.15) is 0 Å². The maximum absolute atomic E-state index is 11.8. The molecule has 2 unspecified atom stereocenters. The Morgan fingerprint density at radius 2 is 1.80 bits per heavy atom. The lowest BCUT2D eigenvalue weighted by molar-refractivity contribution is -0.122. The Morgan fingerprint density at radius 1 is 1.15 bits per heavy atom. The number of amides is 3. The van der Waals surface area contributed by atoms with Gasteiger partial charge < -0.3 is 21.3 Å². The van der Waals surface area contributed by atoms with E-state index in [0.717, 1.165) is 0 Å². The molecule has 6 nitrogen and oxygen atoms in total. The van der Waals surface area contributed by atoms with Gasteiger partial charge in [-0.3, -0.25) is 4.79 Å². The van der Waals surface area contributed by atoms with Crippen LogP contribution in [0, 0.1) is 0 Å². The van der Waals surface area contributed by atoms with Crippen LogP contribution >= 0.6 is 0 Å². The van der Waals surface area contributed by atoms with Gasteiger partial charge in [-0.25, -0.2) is 4.79 Å². The Hall–Kier alpha value is -2.08. The zero-order valence-electron chi connectivity index (χ0n) is 12.1. The summed E-state index contributed by atoms with van der Waals surface area (Å²) in [6.45, 7) is 4.12. The lowest BCUT2D eigenvalue weighted by Crippen LogP contribution is -2.48. The number of urea groups is 1. The molecule has 20 heavy (non-hydrogen) atoms. The van der Waals surface area contributed by atoms with E-state index in [4.69, 9.17) is 0 Å². The molecule has 0 aliphatic carbocycles. The Labute approximate surface area is 119 Å². The van der Waals surface area contributed by atoms with Crippen molar-refractivity contribution >= 4 is 17.6 Å². The Bertz CT molecular complexity index is 436. The molecule has 0 saturated carbocycles. The molecule has 110 valence electrons. The highest BCUT2D eigenvalue weighted by Gasteiger charge is 2.15. The van der Waals surface area contributed by atoms with E-state index in [1.807, 2.05) is 32.2 Å². The van der Waals surface area contributed by atoms with Crippen LogP contribution in [0.5, 0.6) is 0 Å². The van der Waals surface area contributed by atoms with Gasteiger partial charge in [-0.1, -0.05) is 18.2 Å². The molecule has 0 spiro atoms. The molecular formula is C14H22N4O2. The van der Waals surface area contributed by atoms with Gasteiger partial charge in [0.2, 0.25) is 5.91 Å². The van der Waals surface area contributed by atoms with Crippen LogP contribution in [-0.2, 0) is 4.79 Å². The lowest BCUT2D eigenvalue weighted by Gasteiger charge is -2.16. The fourth-order valence-corrected chi connectivity index (χ4v) is 1.46. The van der Waals surface area contributed by atoms with E-state index < -0.39 is 12.1 Å². The van der Waals surface area contributed by atoms with E-state index in [1.165, 1.54) is 0 Å². The van der Waals surface area contributed by atoms with E-state index in [0.29, 0.717) is 12.2 Å². The van der Waals surface area contributed by atoms with Gasteiger partial charge in [0.1, 0.15) is 6.04 Å². The largest absolute Gasteiger partial charge is 0.353 e. The lowest BCUT2D eigenvalue weighted by atomic mass is 10.3. The van der Waals surface area contributed by atoms with Crippen molar-refractivity contribution in [2.75, 3.05) is 18.9 Å². The Kier molecular flexibility index (Phi) is 6.52. The summed E-state index contributed by atoms with van der Waals surface area (Å²) in [7, 11) is 1.83. The second-order valence-corrected chi connectivity index (χ2v) is 4.62. The van der Waals surface area contributed by atoms with Crippen LogP contribution in [-0.4, -0.2) is 37.6 Å². The molecule has 6 heteroatoms. The van der Waals surface area contributed by atoms with Crippen LogP contribution in [0.3, 0.4) is 0 Å². The van der Waals surface area contributed by atoms with Gasteiger partial charge in [-0.15, -0.1) is 0 Å². The summed E-state index contributed by atoms with van der Waals surface area (Å²) in [6, 6.07) is 8.25. The first-order chi connectivity index (χ1) is 9.52. The van der Waals surface area contributed by atoms with Gasteiger partial charge in [0.05, 0.1) is 0 Å². The van der Waals surface area contributed by atoms with Crippen molar-refractivity contribution in [3.05, 3.63) is 30.3 Å². The summed E-state index contributed by atoms with van der Waals surface area (Å²) in [5.74, 6) is -0.213. The summed E-state index contributed by atoms with van der Waals surface area (Å²) >= 11 is 0. The highest BCUT2D eigenvalue weighted by atomic mass is 16.2. The highest BCUT2D eigenvalue weighted by Crippen LogP contribution is 2.04. The zero-order valence-corrected chi connectivity index (χ0v) is 12.1. The molecule has 4 N–H and O–H groups in total. The summed E-state index contributed by atoms with van der Waals surface area (Å²) < 4.78 is 0. The van der Waals surface area contributed by atoms with Crippen molar-refractivity contribution in [2.45, 2.75) is 25.9 Å². The van der Waals surface area contributed by atoms with Crippen molar-refractivity contribution in [1.29, 1.82) is 0 Å². The normalized spacial score (nSPS) is 13.2. The minimum Gasteiger partial charge on any atom is -0.353 e.